The first kappa shape index (κ1) is 14.0. The number of rotatable bonds is 2. The Bertz CT molecular complexity index is 470. The Labute approximate surface area is 114 Å². The van der Waals surface area contributed by atoms with Gasteiger partial charge in [0.15, 0.2) is 0 Å². The molecule has 0 saturated heterocycles. The van der Waals surface area contributed by atoms with Gasteiger partial charge in [0.2, 0.25) is 0 Å². The fourth-order valence-corrected chi connectivity index (χ4v) is 2.68. The first-order valence-corrected chi connectivity index (χ1v) is 6.94. The summed E-state index contributed by atoms with van der Waals surface area (Å²) in [5, 5.41) is 0. The number of esters is 1. The van der Waals surface area contributed by atoms with Gasteiger partial charge in [-0.2, -0.15) is 0 Å². The Hall–Kier alpha value is -1.38. The number of hydrogen-bond donors (Lipinski definition) is 0. The van der Waals surface area contributed by atoms with Crippen molar-refractivity contribution >= 4 is 5.97 Å². The van der Waals surface area contributed by atoms with Crippen LogP contribution in [0.2, 0.25) is 0 Å². The second kappa shape index (κ2) is 5.72. The zero-order valence-corrected chi connectivity index (χ0v) is 11.8. The molecule has 0 heterocycles. The lowest BCUT2D eigenvalue weighted by atomic mass is 9.80. The molecule has 0 aliphatic heterocycles. The highest BCUT2D eigenvalue weighted by molar-refractivity contribution is 5.91. The van der Waals surface area contributed by atoms with Crippen LogP contribution >= 0.6 is 0 Å². The normalized spacial score (nSPS) is 27.1. The monoisotopic (exact) mass is 264 g/mol. The standard InChI is InChI=1S/C16H21FO2/c1-10-4-6-14(9-11(10)2)19-16(18)15-7-5-13(17)8-12(15)3/h5,7-8,10-11,14H,4,6,9H2,1-3H3. The fraction of sp³-hybridized carbons (Fsp3) is 0.562. The Morgan fingerprint density at radius 2 is 2.00 bits per heavy atom. The molecule has 0 radical (unpaired) electrons. The summed E-state index contributed by atoms with van der Waals surface area (Å²) in [7, 11) is 0. The van der Waals surface area contributed by atoms with E-state index in [-0.39, 0.29) is 17.9 Å². The third-order valence-corrected chi connectivity index (χ3v) is 4.23. The van der Waals surface area contributed by atoms with E-state index in [2.05, 4.69) is 13.8 Å². The van der Waals surface area contributed by atoms with Gasteiger partial charge in [-0.15, -0.1) is 0 Å². The molecule has 104 valence electrons. The van der Waals surface area contributed by atoms with Crippen LogP contribution in [0.3, 0.4) is 0 Å². The Morgan fingerprint density at radius 3 is 2.63 bits per heavy atom. The topological polar surface area (TPSA) is 26.3 Å². The van der Waals surface area contributed by atoms with Gasteiger partial charge in [0, 0.05) is 0 Å². The summed E-state index contributed by atoms with van der Waals surface area (Å²) in [6.45, 7) is 6.17. The highest BCUT2D eigenvalue weighted by atomic mass is 19.1. The van der Waals surface area contributed by atoms with Crippen LogP contribution in [-0.4, -0.2) is 12.1 Å². The third-order valence-electron chi connectivity index (χ3n) is 4.23. The molecule has 1 aliphatic rings. The molecular formula is C16H21FO2. The zero-order chi connectivity index (χ0) is 14.0. The predicted octanol–water partition coefficient (Wildman–Crippen LogP) is 4.12. The van der Waals surface area contributed by atoms with E-state index in [4.69, 9.17) is 4.74 Å². The minimum absolute atomic E-state index is 0.00292. The van der Waals surface area contributed by atoms with Crippen LogP contribution in [-0.2, 0) is 4.74 Å². The van der Waals surface area contributed by atoms with Crippen molar-refractivity contribution in [2.24, 2.45) is 11.8 Å². The number of carbonyl (C=O) groups is 1. The predicted molar refractivity (Wildman–Crippen MR) is 72.5 cm³/mol. The summed E-state index contributed by atoms with van der Waals surface area (Å²) in [6.07, 6.45) is 2.95. The van der Waals surface area contributed by atoms with Crippen molar-refractivity contribution in [1.82, 2.24) is 0 Å². The quantitative estimate of drug-likeness (QED) is 0.751. The lowest BCUT2D eigenvalue weighted by Gasteiger charge is -2.31. The minimum Gasteiger partial charge on any atom is -0.459 e. The average molecular weight is 264 g/mol. The van der Waals surface area contributed by atoms with Gasteiger partial charge in [-0.1, -0.05) is 13.8 Å². The average Bonchev–Trinajstić information content (AvgIpc) is 2.33. The molecule has 1 fully saturated rings. The van der Waals surface area contributed by atoms with Crippen LogP contribution in [0.4, 0.5) is 4.39 Å². The second-order valence-electron chi connectivity index (χ2n) is 5.75. The summed E-state index contributed by atoms with van der Waals surface area (Å²) in [6, 6.07) is 4.17. The lowest BCUT2D eigenvalue weighted by molar-refractivity contribution is 0.00871. The van der Waals surface area contributed by atoms with Gasteiger partial charge >= 0.3 is 5.97 Å². The molecule has 19 heavy (non-hydrogen) atoms. The Kier molecular flexibility index (Phi) is 4.23. The van der Waals surface area contributed by atoms with Gasteiger partial charge in [0.05, 0.1) is 5.56 Å². The first-order valence-electron chi connectivity index (χ1n) is 6.94. The van der Waals surface area contributed by atoms with E-state index in [0.29, 0.717) is 23.0 Å². The van der Waals surface area contributed by atoms with Crippen molar-refractivity contribution < 1.29 is 13.9 Å². The van der Waals surface area contributed by atoms with Crippen molar-refractivity contribution in [3.05, 3.63) is 35.1 Å². The molecule has 3 atom stereocenters. The van der Waals surface area contributed by atoms with Crippen LogP contribution in [0.15, 0.2) is 18.2 Å². The zero-order valence-electron chi connectivity index (χ0n) is 11.8. The maximum Gasteiger partial charge on any atom is 0.338 e. The number of benzene rings is 1. The van der Waals surface area contributed by atoms with E-state index < -0.39 is 0 Å². The SMILES string of the molecule is Cc1cc(F)ccc1C(=O)OC1CCC(C)C(C)C1. The molecular weight excluding hydrogens is 243 g/mol. The van der Waals surface area contributed by atoms with Gasteiger partial charge in [-0.25, -0.2) is 9.18 Å². The number of aryl methyl sites for hydroxylation is 1. The van der Waals surface area contributed by atoms with Crippen LogP contribution in [0.1, 0.15) is 49.0 Å². The van der Waals surface area contributed by atoms with E-state index >= 15 is 0 Å². The van der Waals surface area contributed by atoms with Gasteiger partial charge < -0.3 is 4.74 Å². The van der Waals surface area contributed by atoms with Gasteiger partial charge in [0.25, 0.3) is 0 Å². The molecule has 3 heteroatoms. The summed E-state index contributed by atoms with van der Waals surface area (Å²) >= 11 is 0. The molecule has 2 nitrogen and oxygen atoms in total. The maximum absolute atomic E-state index is 13.0. The van der Waals surface area contributed by atoms with Crippen molar-refractivity contribution in [2.75, 3.05) is 0 Å². The molecule has 0 N–H and O–H groups in total. The van der Waals surface area contributed by atoms with E-state index in [1.165, 1.54) is 18.2 Å². The second-order valence-corrected chi connectivity index (χ2v) is 5.75. The fourth-order valence-electron chi connectivity index (χ4n) is 2.68. The summed E-state index contributed by atoms with van der Waals surface area (Å²) in [4.78, 5) is 12.1. The van der Waals surface area contributed by atoms with Gasteiger partial charge in [-0.05, 0) is 61.8 Å². The van der Waals surface area contributed by atoms with Gasteiger partial charge in [-0.3, -0.25) is 0 Å². The van der Waals surface area contributed by atoms with Crippen molar-refractivity contribution in [3.8, 4) is 0 Å². The number of carbonyl (C=O) groups excluding carboxylic acids is 1. The van der Waals surface area contributed by atoms with Crippen LogP contribution < -0.4 is 0 Å². The molecule has 0 aromatic heterocycles. The summed E-state index contributed by atoms with van der Waals surface area (Å²) in [5.41, 5.74) is 1.09. The minimum atomic E-state index is -0.329. The molecule has 2 rings (SSSR count). The van der Waals surface area contributed by atoms with Crippen molar-refractivity contribution in [3.63, 3.8) is 0 Å². The van der Waals surface area contributed by atoms with E-state index in [0.717, 1.165) is 19.3 Å². The van der Waals surface area contributed by atoms with Crippen molar-refractivity contribution in [1.29, 1.82) is 0 Å². The number of hydrogen-bond acceptors (Lipinski definition) is 2. The molecule has 0 spiro atoms. The number of ether oxygens (including phenoxy) is 1. The van der Waals surface area contributed by atoms with E-state index in [1.807, 2.05) is 0 Å². The van der Waals surface area contributed by atoms with Crippen LogP contribution in [0.5, 0.6) is 0 Å². The molecule has 1 aliphatic carbocycles. The molecule has 3 unspecified atom stereocenters. The Balaban J connectivity index is 2.01. The van der Waals surface area contributed by atoms with Crippen LogP contribution in [0.25, 0.3) is 0 Å². The summed E-state index contributed by atoms with van der Waals surface area (Å²) < 4.78 is 18.6. The first-order chi connectivity index (χ1) is 8.97. The van der Waals surface area contributed by atoms with Crippen molar-refractivity contribution in [2.45, 2.75) is 46.1 Å². The molecule has 0 amide bonds. The highest BCUT2D eigenvalue weighted by Gasteiger charge is 2.27. The highest BCUT2D eigenvalue weighted by Crippen LogP contribution is 2.31. The third kappa shape index (κ3) is 3.34. The smallest absolute Gasteiger partial charge is 0.338 e. The largest absolute Gasteiger partial charge is 0.459 e. The molecule has 1 saturated carbocycles. The van der Waals surface area contributed by atoms with E-state index in [9.17, 15) is 9.18 Å². The molecule has 0 bridgehead atoms. The number of halogens is 1. The van der Waals surface area contributed by atoms with Crippen LogP contribution in [0, 0.1) is 24.6 Å². The Morgan fingerprint density at radius 1 is 1.26 bits per heavy atom. The van der Waals surface area contributed by atoms with E-state index in [1.54, 1.807) is 6.92 Å². The molecule has 1 aromatic carbocycles. The molecule has 1 aromatic rings. The lowest BCUT2D eigenvalue weighted by Crippen LogP contribution is -2.28. The van der Waals surface area contributed by atoms with Gasteiger partial charge in [0.1, 0.15) is 11.9 Å². The summed E-state index contributed by atoms with van der Waals surface area (Å²) in [5.74, 6) is 0.627. The maximum atomic E-state index is 13.0.